The van der Waals surface area contributed by atoms with Crippen LogP contribution in [0.3, 0.4) is 0 Å². The van der Waals surface area contributed by atoms with E-state index in [2.05, 4.69) is 32.6 Å². The van der Waals surface area contributed by atoms with E-state index in [-0.39, 0.29) is 0 Å². The van der Waals surface area contributed by atoms with E-state index in [9.17, 15) is 4.79 Å². The van der Waals surface area contributed by atoms with Gasteiger partial charge in [-0.25, -0.2) is 0 Å². The second-order valence-electron chi connectivity index (χ2n) is 8.34. The third kappa shape index (κ3) is 1.89. The van der Waals surface area contributed by atoms with Crippen LogP contribution in [0.4, 0.5) is 0 Å². The van der Waals surface area contributed by atoms with Crippen LogP contribution in [-0.2, 0) is 19.4 Å². The van der Waals surface area contributed by atoms with Gasteiger partial charge in [-0.15, -0.1) is 0 Å². The van der Waals surface area contributed by atoms with E-state index in [1.165, 1.54) is 54.5 Å². The second-order valence-corrected chi connectivity index (χ2v) is 8.34. The van der Waals surface area contributed by atoms with Gasteiger partial charge in [-0.1, -0.05) is 18.2 Å². The molecule has 7 rings (SSSR count). The number of hydrogen-bond donors (Lipinski definition) is 0. The van der Waals surface area contributed by atoms with E-state index in [1.807, 2.05) is 0 Å². The van der Waals surface area contributed by atoms with Gasteiger partial charge in [-0.05, 0) is 50.3 Å². The van der Waals surface area contributed by atoms with E-state index in [1.54, 1.807) is 0 Å². The van der Waals surface area contributed by atoms with Gasteiger partial charge in [-0.2, -0.15) is 0 Å². The number of nitrogens with zero attached hydrogens (tertiary/aromatic N) is 3. The molecule has 0 radical (unpaired) electrons. The third-order valence-electron chi connectivity index (χ3n) is 7.19. The topological polar surface area (TPSA) is 28.5 Å². The van der Waals surface area contributed by atoms with Crippen molar-refractivity contribution in [3.8, 4) is 0 Å². The van der Waals surface area contributed by atoms with Crippen LogP contribution in [0.25, 0.3) is 10.9 Å². The lowest BCUT2D eigenvalue weighted by molar-refractivity contribution is 0.00596. The predicted octanol–water partition coefficient (Wildman–Crippen LogP) is 2.68. The quantitative estimate of drug-likeness (QED) is 0.802. The van der Waals surface area contributed by atoms with Crippen LogP contribution < -0.4 is 0 Å². The largest absolute Gasteiger partial charge is 0.343 e. The zero-order valence-corrected chi connectivity index (χ0v) is 14.7. The van der Waals surface area contributed by atoms with Crippen molar-refractivity contribution in [2.75, 3.05) is 26.2 Å². The minimum Gasteiger partial charge on any atom is -0.343 e. The van der Waals surface area contributed by atoms with Gasteiger partial charge in [-0.3, -0.25) is 4.79 Å². The van der Waals surface area contributed by atoms with Gasteiger partial charge < -0.3 is 14.4 Å². The summed E-state index contributed by atoms with van der Waals surface area (Å²) in [7, 11) is 0. The zero-order valence-electron chi connectivity index (χ0n) is 14.7. The normalized spacial score (nSPS) is 30.8. The van der Waals surface area contributed by atoms with Gasteiger partial charge in [0, 0.05) is 43.2 Å². The third-order valence-corrected chi connectivity index (χ3v) is 7.19. The summed E-state index contributed by atoms with van der Waals surface area (Å²) in [4.78, 5) is 18.4. The highest BCUT2D eigenvalue weighted by Crippen LogP contribution is 2.38. The van der Waals surface area contributed by atoms with Gasteiger partial charge in [0.15, 0.2) is 0 Å². The molecule has 0 spiro atoms. The highest BCUT2D eigenvalue weighted by Gasteiger charge is 2.42. The smallest absolute Gasteiger partial charge is 0.256 e. The molecule has 130 valence electrons. The predicted molar refractivity (Wildman–Crippen MR) is 98.0 cm³/mol. The summed E-state index contributed by atoms with van der Waals surface area (Å²) in [5.74, 6) is 1.03. The zero-order chi connectivity index (χ0) is 16.5. The summed E-state index contributed by atoms with van der Waals surface area (Å²) in [6, 6.07) is 7.01. The maximum absolute atomic E-state index is 13.6. The molecular weight excluding hydrogens is 310 g/mol. The first-order chi connectivity index (χ1) is 12.3. The molecule has 5 aliphatic heterocycles. The van der Waals surface area contributed by atoms with Crippen molar-refractivity contribution in [3.63, 3.8) is 0 Å². The first-order valence-corrected chi connectivity index (χ1v) is 9.97. The number of aryl methyl sites for hydroxylation is 2. The fraction of sp³-hybridized carbons (Fsp3) is 0.571. The highest BCUT2D eigenvalue weighted by atomic mass is 16.2. The standard InChI is InChI=1S/C21H25N3O/c25-21-19-16-5-1-3-15-4-2-9-23(20(15)16)17(19)8-12-24(21)18-13-22-10-6-14(18)7-11-22/h1,3,5,14,18H,2,4,6-13H2. The molecule has 3 saturated heterocycles. The van der Waals surface area contributed by atoms with Gasteiger partial charge in [0.1, 0.15) is 0 Å². The van der Waals surface area contributed by atoms with Gasteiger partial charge in [0.05, 0.1) is 11.1 Å². The highest BCUT2D eigenvalue weighted by molar-refractivity contribution is 6.10. The minimum atomic E-state index is 0.308. The van der Waals surface area contributed by atoms with Gasteiger partial charge in [0.25, 0.3) is 5.91 Å². The minimum absolute atomic E-state index is 0.308. The molecule has 1 atom stereocenters. The number of hydrogen-bond acceptors (Lipinski definition) is 2. The number of aromatic nitrogens is 1. The summed E-state index contributed by atoms with van der Waals surface area (Å²) >= 11 is 0. The van der Waals surface area contributed by atoms with E-state index in [0.717, 1.165) is 44.0 Å². The molecular formula is C21H25N3O. The molecule has 1 aromatic heterocycles. The summed E-state index contributed by atoms with van der Waals surface area (Å²) in [6.07, 6.45) is 5.92. The summed E-state index contributed by atoms with van der Waals surface area (Å²) in [6.45, 7) is 5.55. The molecule has 0 aliphatic carbocycles. The Hall–Kier alpha value is -1.81. The summed E-state index contributed by atoms with van der Waals surface area (Å²) < 4.78 is 2.47. The van der Waals surface area contributed by atoms with Crippen molar-refractivity contribution in [2.24, 2.45) is 5.92 Å². The van der Waals surface area contributed by atoms with Crippen LogP contribution >= 0.6 is 0 Å². The number of piperidine rings is 3. The number of amides is 1. The molecule has 6 heterocycles. The van der Waals surface area contributed by atoms with Crippen LogP contribution in [0.5, 0.6) is 0 Å². The van der Waals surface area contributed by atoms with Crippen molar-refractivity contribution >= 4 is 16.8 Å². The first kappa shape index (κ1) is 14.4. The molecule has 4 heteroatoms. The van der Waals surface area contributed by atoms with Crippen molar-refractivity contribution in [1.29, 1.82) is 0 Å². The van der Waals surface area contributed by atoms with Crippen LogP contribution in [-0.4, -0.2) is 52.5 Å². The second kappa shape index (κ2) is 5.10. The van der Waals surface area contributed by atoms with Crippen LogP contribution in [0.2, 0.25) is 0 Å². The molecule has 5 aliphatic rings. The van der Waals surface area contributed by atoms with E-state index >= 15 is 0 Å². The summed E-state index contributed by atoms with van der Waals surface area (Å²) in [5.41, 5.74) is 5.12. The number of carbonyl (C=O) groups excluding carboxylic acids is 1. The summed E-state index contributed by atoms with van der Waals surface area (Å²) in [5, 5.41) is 1.21. The van der Waals surface area contributed by atoms with Crippen molar-refractivity contribution in [1.82, 2.24) is 14.4 Å². The Morgan fingerprint density at radius 3 is 2.68 bits per heavy atom. The van der Waals surface area contributed by atoms with Crippen LogP contribution in [0.1, 0.15) is 40.9 Å². The number of para-hydroxylation sites is 1. The average molecular weight is 335 g/mol. The molecule has 4 nitrogen and oxygen atoms in total. The van der Waals surface area contributed by atoms with Crippen molar-refractivity contribution < 1.29 is 4.79 Å². The number of benzene rings is 1. The molecule has 0 N–H and O–H groups in total. The Kier molecular flexibility index (Phi) is 2.93. The van der Waals surface area contributed by atoms with Crippen LogP contribution in [0.15, 0.2) is 18.2 Å². The SMILES string of the molecule is O=C1c2c(n3c4c(cccc24)CCC3)CCN1C1CN2CCC1CC2. The maximum Gasteiger partial charge on any atom is 0.256 e. The van der Waals surface area contributed by atoms with Crippen molar-refractivity contribution in [2.45, 2.75) is 44.7 Å². The number of rotatable bonds is 1. The molecule has 1 amide bonds. The molecule has 1 aromatic carbocycles. The molecule has 2 aromatic rings. The Labute approximate surface area is 148 Å². The Morgan fingerprint density at radius 1 is 1.00 bits per heavy atom. The Morgan fingerprint density at radius 2 is 1.88 bits per heavy atom. The fourth-order valence-electron chi connectivity index (χ4n) is 5.99. The maximum atomic E-state index is 13.6. The molecule has 2 bridgehead atoms. The lowest BCUT2D eigenvalue weighted by Gasteiger charge is -2.49. The van der Waals surface area contributed by atoms with E-state index in [0.29, 0.717) is 11.9 Å². The lowest BCUT2D eigenvalue weighted by atomic mass is 9.82. The monoisotopic (exact) mass is 335 g/mol. The van der Waals surface area contributed by atoms with Crippen molar-refractivity contribution in [3.05, 3.63) is 35.0 Å². The lowest BCUT2D eigenvalue weighted by Crippen LogP contribution is -2.59. The number of carbonyl (C=O) groups is 1. The van der Waals surface area contributed by atoms with Gasteiger partial charge in [0.2, 0.25) is 0 Å². The molecule has 0 saturated carbocycles. The van der Waals surface area contributed by atoms with Gasteiger partial charge >= 0.3 is 0 Å². The fourth-order valence-corrected chi connectivity index (χ4v) is 5.99. The molecule has 3 fully saturated rings. The first-order valence-electron chi connectivity index (χ1n) is 9.97. The van der Waals surface area contributed by atoms with Crippen LogP contribution in [0, 0.1) is 5.92 Å². The van der Waals surface area contributed by atoms with E-state index < -0.39 is 0 Å². The molecule has 25 heavy (non-hydrogen) atoms. The average Bonchev–Trinajstić information content (AvgIpc) is 3.00. The number of fused-ring (bicyclic) bond motifs is 6. The Bertz CT molecular complexity index is 875. The Balaban J connectivity index is 1.46. The van der Waals surface area contributed by atoms with E-state index in [4.69, 9.17) is 0 Å². The molecule has 1 unspecified atom stereocenters.